The number of hydrogen-bond acceptors (Lipinski definition) is 2. The summed E-state index contributed by atoms with van der Waals surface area (Å²) in [6.07, 6.45) is 0. The molecular formula is H8Ca3CuO4S. The fourth-order valence-electron chi connectivity index (χ4n) is 0. The molecule has 0 aliphatic rings. The van der Waals surface area contributed by atoms with Gasteiger partial charge in [0, 0.05) is 17.1 Å². The van der Waals surface area contributed by atoms with Crippen molar-refractivity contribution in [2.24, 2.45) is 0 Å². The van der Waals surface area contributed by atoms with Gasteiger partial charge in [-0.2, -0.15) is 8.42 Å². The molecule has 0 aromatic rings. The van der Waals surface area contributed by atoms with E-state index in [0.717, 1.165) is 0 Å². The standard InChI is InChI=1S/3Ca.Cu.H2O4S.6H/c;;;;1-5(2,3)4;;;;;;/h;;;;(H2,1,2,3,4);;;;;;. The van der Waals surface area contributed by atoms with E-state index in [4.69, 9.17) is 17.5 Å². The van der Waals surface area contributed by atoms with E-state index in [-0.39, 0.29) is 130 Å². The van der Waals surface area contributed by atoms with Crippen molar-refractivity contribution in [1.29, 1.82) is 0 Å². The topological polar surface area (TPSA) is 74.6 Å². The first-order chi connectivity index (χ1) is 2.00. The van der Waals surface area contributed by atoms with Gasteiger partial charge in [-0.05, 0) is 0 Å². The van der Waals surface area contributed by atoms with Crippen LogP contribution in [0, 0.1) is 0 Å². The van der Waals surface area contributed by atoms with Crippen LogP contribution < -0.4 is 0 Å². The monoisotopic (exact) mass is 287 g/mol. The minimum Gasteiger partial charge on any atom is 0 e. The quantitative estimate of drug-likeness (QED) is 0.360. The molecule has 9 heavy (non-hydrogen) atoms. The van der Waals surface area contributed by atoms with E-state index in [0.29, 0.717) is 0 Å². The van der Waals surface area contributed by atoms with Crippen LogP contribution in [0.25, 0.3) is 0 Å². The molecule has 2 N–H and O–H groups in total. The third-order valence-corrected chi connectivity index (χ3v) is 0. The molecule has 0 aliphatic carbocycles. The third kappa shape index (κ3) is 72.4. The molecule has 0 saturated heterocycles. The second-order valence-electron chi connectivity index (χ2n) is 0.448. The molecule has 0 heterocycles. The second kappa shape index (κ2) is 14.7. The Balaban J connectivity index is -0.0000000133. The Morgan fingerprint density at radius 1 is 0.889 bits per heavy atom. The Bertz CT molecular complexity index is 99.0. The molecule has 0 atom stereocenters. The van der Waals surface area contributed by atoms with Crippen LogP contribution in [-0.4, -0.2) is 131 Å². The van der Waals surface area contributed by atoms with Gasteiger partial charge < -0.3 is 0 Å². The summed E-state index contributed by atoms with van der Waals surface area (Å²) < 4.78 is 31.6. The molecule has 4 nitrogen and oxygen atoms in total. The molecule has 0 amide bonds. The number of rotatable bonds is 0. The van der Waals surface area contributed by atoms with E-state index < -0.39 is 10.4 Å². The Kier molecular flexibility index (Phi) is 47.7. The molecule has 1 radical (unpaired) electrons. The van der Waals surface area contributed by atoms with Crippen molar-refractivity contribution in [3.05, 3.63) is 0 Å². The molecule has 0 aromatic heterocycles. The van der Waals surface area contributed by atoms with Gasteiger partial charge in [-0.3, -0.25) is 9.11 Å². The first-order valence-corrected chi connectivity index (χ1v) is 2.10. The van der Waals surface area contributed by atoms with Gasteiger partial charge in [-0.25, -0.2) is 0 Å². The van der Waals surface area contributed by atoms with E-state index in [1.54, 1.807) is 0 Å². The van der Waals surface area contributed by atoms with Gasteiger partial charge in [0.2, 0.25) is 0 Å². The first-order valence-electron chi connectivity index (χ1n) is 0.698. The van der Waals surface area contributed by atoms with Crippen LogP contribution in [0.1, 0.15) is 0 Å². The predicted octanol–water partition coefficient (Wildman–Crippen LogP) is -3.40. The zero-order valence-electron chi connectivity index (χ0n) is 2.42. The van der Waals surface area contributed by atoms with E-state index in [9.17, 15) is 0 Å². The van der Waals surface area contributed by atoms with Crippen molar-refractivity contribution in [1.82, 2.24) is 0 Å². The minimum absolute atomic E-state index is 0. The van der Waals surface area contributed by atoms with Gasteiger partial charge in [-0.1, -0.05) is 0 Å². The molecule has 9 heteroatoms. The van der Waals surface area contributed by atoms with E-state index in [1.807, 2.05) is 0 Å². The van der Waals surface area contributed by atoms with Crippen molar-refractivity contribution in [2.75, 3.05) is 0 Å². The Labute approximate surface area is 154 Å². The Morgan fingerprint density at radius 2 is 0.889 bits per heavy atom. The Hall–Kier alpha value is 4.17. The van der Waals surface area contributed by atoms with Gasteiger partial charge in [0.05, 0.1) is 0 Å². The van der Waals surface area contributed by atoms with Gasteiger partial charge >= 0.3 is 124 Å². The van der Waals surface area contributed by atoms with Crippen LogP contribution in [0.5, 0.6) is 0 Å². The summed E-state index contributed by atoms with van der Waals surface area (Å²) in [4.78, 5) is 0. The maximum Gasteiger partial charge on any atom is 0 e. The van der Waals surface area contributed by atoms with Crippen LogP contribution in [-0.2, 0) is 27.5 Å². The van der Waals surface area contributed by atoms with E-state index >= 15 is 0 Å². The normalized spacial score (nSPS) is 6.44. The summed E-state index contributed by atoms with van der Waals surface area (Å²) in [5, 5.41) is 0. The van der Waals surface area contributed by atoms with Crippen LogP contribution >= 0.6 is 0 Å². The molecule has 0 bridgehead atoms. The molecule has 0 aromatic carbocycles. The second-order valence-corrected chi connectivity index (χ2v) is 1.34. The first kappa shape index (κ1) is 29.2. The molecule has 0 spiro atoms. The summed E-state index contributed by atoms with van der Waals surface area (Å²) in [5.41, 5.74) is 0. The SMILES string of the molecule is O=S(=O)(O)O.[CaH2].[CaH2].[CaH2].[Cu]. The fraction of sp³-hybridized carbons (Fsp3) is 0. The van der Waals surface area contributed by atoms with Gasteiger partial charge in [0.25, 0.3) is 0 Å². The van der Waals surface area contributed by atoms with Crippen molar-refractivity contribution >= 4 is 124 Å². The van der Waals surface area contributed by atoms with Crippen molar-refractivity contribution in [3.8, 4) is 0 Å². The van der Waals surface area contributed by atoms with Gasteiger partial charge in [0.15, 0.2) is 0 Å². The van der Waals surface area contributed by atoms with Crippen LogP contribution in [0.15, 0.2) is 0 Å². The molecule has 0 unspecified atom stereocenters. The largest absolute Gasteiger partial charge is 0 e. The van der Waals surface area contributed by atoms with Crippen LogP contribution in [0.2, 0.25) is 0 Å². The number of hydrogen-bond donors (Lipinski definition) is 2. The predicted molar refractivity (Wildman–Crippen MR) is 39.8 cm³/mol. The van der Waals surface area contributed by atoms with Crippen molar-refractivity contribution in [3.63, 3.8) is 0 Å². The summed E-state index contributed by atoms with van der Waals surface area (Å²) >= 11 is 0. The smallest absolute Gasteiger partial charge is 0 e. The molecule has 55 valence electrons. The average molecular weight is 288 g/mol. The molecule has 0 rings (SSSR count). The molecule has 0 aliphatic heterocycles. The zero-order valence-corrected chi connectivity index (χ0v) is 4.18. The van der Waals surface area contributed by atoms with E-state index in [2.05, 4.69) is 0 Å². The third-order valence-electron chi connectivity index (χ3n) is 0. The van der Waals surface area contributed by atoms with Crippen LogP contribution in [0.3, 0.4) is 0 Å². The minimum atomic E-state index is -4.67. The summed E-state index contributed by atoms with van der Waals surface area (Å²) in [6.45, 7) is 0. The van der Waals surface area contributed by atoms with Crippen molar-refractivity contribution < 1.29 is 34.6 Å². The molecule has 0 fully saturated rings. The maximum absolute atomic E-state index is 8.74. The molecular weight excluding hydrogens is 280 g/mol. The van der Waals surface area contributed by atoms with Crippen LogP contribution in [0.4, 0.5) is 0 Å². The van der Waals surface area contributed by atoms with Crippen molar-refractivity contribution in [2.45, 2.75) is 0 Å². The average Bonchev–Trinajstić information content (AvgIpc) is 0.722. The summed E-state index contributed by atoms with van der Waals surface area (Å²) in [7, 11) is -4.67. The van der Waals surface area contributed by atoms with Gasteiger partial charge in [-0.15, -0.1) is 0 Å². The zero-order chi connectivity index (χ0) is 4.50. The summed E-state index contributed by atoms with van der Waals surface area (Å²) in [5.74, 6) is 0. The Morgan fingerprint density at radius 3 is 0.889 bits per heavy atom. The fourth-order valence-corrected chi connectivity index (χ4v) is 0. The van der Waals surface area contributed by atoms with Gasteiger partial charge in [0.1, 0.15) is 0 Å². The maximum atomic E-state index is 8.74. The summed E-state index contributed by atoms with van der Waals surface area (Å²) in [6, 6.07) is 0. The van der Waals surface area contributed by atoms with E-state index in [1.165, 1.54) is 0 Å². The molecule has 0 saturated carbocycles.